The van der Waals surface area contributed by atoms with E-state index < -0.39 is 0 Å². The van der Waals surface area contributed by atoms with E-state index in [1.54, 1.807) is 11.3 Å². The van der Waals surface area contributed by atoms with Crippen molar-refractivity contribution in [2.45, 2.75) is 34.6 Å². The second kappa shape index (κ2) is 10.8. The van der Waals surface area contributed by atoms with Gasteiger partial charge in [0, 0.05) is 9.75 Å². The minimum absolute atomic E-state index is 1.06. The SMILES string of the molecule is C=Cc1sc(C(=C)C)c(C=C)c1C=C.CC.CC. The topological polar surface area (TPSA) is 0 Å². The fourth-order valence-electron chi connectivity index (χ4n) is 1.36. The lowest BCUT2D eigenvalue weighted by Crippen LogP contribution is -1.78. The highest BCUT2D eigenvalue weighted by Crippen LogP contribution is 2.35. The van der Waals surface area contributed by atoms with E-state index in [4.69, 9.17) is 0 Å². The fourth-order valence-corrected chi connectivity index (χ4v) is 2.44. The Hall–Kier alpha value is -1.34. The summed E-state index contributed by atoms with van der Waals surface area (Å²) in [5.41, 5.74) is 3.28. The van der Waals surface area contributed by atoms with E-state index in [1.807, 2.05) is 52.8 Å². The van der Waals surface area contributed by atoms with Crippen molar-refractivity contribution in [2.75, 3.05) is 0 Å². The van der Waals surface area contributed by atoms with E-state index in [2.05, 4.69) is 26.3 Å². The van der Waals surface area contributed by atoms with Crippen LogP contribution in [0.2, 0.25) is 0 Å². The number of thiophene rings is 1. The average molecular weight is 262 g/mol. The zero-order valence-electron chi connectivity index (χ0n) is 12.5. The van der Waals surface area contributed by atoms with Crippen LogP contribution in [0.1, 0.15) is 55.5 Å². The van der Waals surface area contributed by atoms with Gasteiger partial charge in [0.2, 0.25) is 0 Å². The second-order valence-electron chi connectivity index (χ2n) is 3.02. The highest BCUT2D eigenvalue weighted by molar-refractivity contribution is 7.14. The van der Waals surface area contributed by atoms with E-state index in [-0.39, 0.29) is 0 Å². The van der Waals surface area contributed by atoms with Crippen molar-refractivity contribution in [2.24, 2.45) is 0 Å². The summed E-state index contributed by atoms with van der Waals surface area (Å²) in [7, 11) is 0. The molecule has 0 saturated heterocycles. The van der Waals surface area contributed by atoms with Crippen LogP contribution in [0.4, 0.5) is 0 Å². The Morgan fingerprint density at radius 3 is 1.61 bits per heavy atom. The molecule has 0 aliphatic carbocycles. The van der Waals surface area contributed by atoms with Gasteiger partial charge in [-0.05, 0) is 23.6 Å². The maximum absolute atomic E-state index is 3.95. The Bertz CT molecular complexity index is 405. The first kappa shape index (κ1) is 19.0. The van der Waals surface area contributed by atoms with E-state index in [0.717, 1.165) is 21.6 Å². The molecule has 0 nitrogen and oxygen atoms in total. The lowest BCUT2D eigenvalue weighted by Gasteiger charge is -1.97. The van der Waals surface area contributed by atoms with Gasteiger partial charge in [-0.25, -0.2) is 0 Å². The first-order valence-electron chi connectivity index (χ1n) is 6.35. The van der Waals surface area contributed by atoms with Gasteiger partial charge in [-0.2, -0.15) is 0 Å². The van der Waals surface area contributed by atoms with Crippen LogP contribution in [-0.2, 0) is 0 Å². The van der Waals surface area contributed by atoms with Crippen molar-refractivity contribution in [3.8, 4) is 0 Å². The van der Waals surface area contributed by atoms with Gasteiger partial charge in [-0.3, -0.25) is 0 Å². The molecule has 0 radical (unpaired) electrons. The molecule has 0 bridgehead atoms. The predicted molar refractivity (Wildman–Crippen MR) is 92.0 cm³/mol. The molecule has 0 atom stereocenters. The average Bonchev–Trinajstić information content (AvgIpc) is 2.80. The molecule has 0 amide bonds. The van der Waals surface area contributed by atoms with Crippen LogP contribution < -0.4 is 0 Å². The molecule has 0 aromatic carbocycles. The molecule has 1 rings (SSSR count). The summed E-state index contributed by atoms with van der Waals surface area (Å²) >= 11 is 1.68. The van der Waals surface area contributed by atoms with Gasteiger partial charge in [0.1, 0.15) is 0 Å². The summed E-state index contributed by atoms with van der Waals surface area (Å²) < 4.78 is 0. The zero-order valence-corrected chi connectivity index (χ0v) is 13.3. The minimum Gasteiger partial charge on any atom is -0.135 e. The molecule has 0 N–H and O–H groups in total. The van der Waals surface area contributed by atoms with Crippen molar-refractivity contribution in [1.29, 1.82) is 0 Å². The summed E-state index contributed by atoms with van der Waals surface area (Å²) in [5, 5.41) is 0. The Morgan fingerprint density at radius 2 is 1.33 bits per heavy atom. The molecule has 0 aliphatic heterocycles. The summed E-state index contributed by atoms with van der Waals surface area (Å²) in [5.74, 6) is 0. The van der Waals surface area contributed by atoms with Crippen LogP contribution in [0.5, 0.6) is 0 Å². The molecule has 1 aromatic heterocycles. The largest absolute Gasteiger partial charge is 0.135 e. The molecule has 0 fully saturated rings. The predicted octanol–water partition coefficient (Wildman–Crippen LogP) is 6.76. The molecule has 0 saturated carbocycles. The van der Waals surface area contributed by atoms with Crippen LogP contribution >= 0.6 is 11.3 Å². The lowest BCUT2D eigenvalue weighted by atomic mass is 10.1. The smallest absolute Gasteiger partial charge is 0.0378 e. The summed E-state index contributed by atoms with van der Waals surface area (Å²) in [4.78, 5) is 2.30. The molecule has 1 heterocycles. The Labute approximate surface area is 117 Å². The van der Waals surface area contributed by atoms with Gasteiger partial charge in [0.15, 0.2) is 0 Å². The van der Waals surface area contributed by atoms with Crippen LogP contribution in [0.15, 0.2) is 26.3 Å². The molecule has 0 aliphatic rings. The van der Waals surface area contributed by atoms with Gasteiger partial charge in [0.25, 0.3) is 0 Å². The van der Waals surface area contributed by atoms with Crippen molar-refractivity contribution in [3.05, 3.63) is 47.2 Å². The first-order valence-corrected chi connectivity index (χ1v) is 7.17. The fraction of sp³-hybridized carbons (Fsp3) is 0.294. The van der Waals surface area contributed by atoms with E-state index in [1.165, 1.54) is 4.88 Å². The third-order valence-electron chi connectivity index (χ3n) is 1.99. The Balaban J connectivity index is 0. The van der Waals surface area contributed by atoms with Gasteiger partial charge >= 0.3 is 0 Å². The molecule has 0 unspecified atom stereocenters. The van der Waals surface area contributed by atoms with Gasteiger partial charge in [0.05, 0.1) is 0 Å². The lowest BCUT2D eigenvalue weighted by molar-refractivity contribution is 1.50. The summed E-state index contributed by atoms with van der Waals surface area (Å²) in [6.45, 7) is 25.4. The van der Waals surface area contributed by atoms with Crippen LogP contribution in [0, 0.1) is 0 Å². The zero-order chi connectivity index (χ0) is 14.7. The molecule has 18 heavy (non-hydrogen) atoms. The number of allylic oxidation sites excluding steroid dienone is 1. The molecule has 1 heteroatoms. The molecule has 100 valence electrons. The minimum atomic E-state index is 1.06. The van der Waals surface area contributed by atoms with Crippen molar-refractivity contribution in [1.82, 2.24) is 0 Å². The number of rotatable bonds is 4. The third-order valence-corrected chi connectivity index (χ3v) is 3.37. The van der Waals surface area contributed by atoms with Gasteiger partial charge in [-0.1, -0.05) is 72.2 Å². The van der Waals surface area contributed by atoms with Gasteiger partial charge < -0.3 is 0 Å². The Kier molecular flexibility index (Phi) is 11.4. The van der Waals surface area contributed by atoms with E-state index in [9.17, 15) is 0 Å². The van der Waals surface area contributed by atoms with Crippen LogP contribution in [0.25, 0.3) is 23.8 Å². The summed E-state index contributed by atoms with van der Waals surface area (Å²) in [6.07, 6.45) is 5.54. The maximum Gasteiger partial charge on any atom is 0.0378 e. The van der Waals surface area contributed by atoms with Crippen LogP contribution in [-0.4, -0.2) is 0 Å². The van der Waals surface area contributed by atoms with E-state index in [0.29, 0.717) is 0 Å². The normalized spacial score (nSPS) is 8.06. The quantitative estimate of drug-likeness (QED) is 0.562. The van der Waals surface area contributed by atoms with E-state index >= 15 is 0 Å². The summed E-state index contributed by atoms with van der Waals surface area (Å²) in [6, 6.07) is 0. The third kappa shape index (κ3) is 4.50. The molecular weight excluding hydrogens is 236 g/mol. The molecular formula is C17H26S. The Morgan fingerprint density at radius 1 is 0.889 bits per heavy atom. The number of hydrogen-bond acceptors (Lipinski definition) is 1. The highest BCUT2D eigenvalue weighted by Gasteiger charge is 2.11. The second-order valence-corrected chi connectivity index (χ2v) is 4.07. The standard InChI is InChI=1S/C13H14S.2C2H6/c1-6-10-11(7-2)13(9(4)5)14-12(10)8-3;2*1-2/h6-8H,1-4H2,5H3;2*1-2H3. The molecule has 1 aromatic rings. The van der Waals surface area contributed by atoms with Crippen molar-refractivity contribution in [3.63, 3.8) is 0 Å². The van der Waals surface area contributed by atoms with Crippen molar-refractivity contribution >= 4 is 35.1 Å². The van der Waals surface area contributed by atoms with Crippen molar-refractivity contribution < 1.29 is 0 Å². The molecule has 0 spiro atoms. The van der Waals surface area contributed by atoms with Crippen LogP contribution in [0.3, 0.4) is 0 Å². The van der Waals surface area contributed by atoms with Gasteiger partial charge in [-0.15, -0.1) is 11.3 Å². The number of hydrogen-bond donors (Lipinski definition) is 0. The monoisotopic (exact) mass is 262 g/mol. The highest BCUT2D eigenvalue weighted by atomic mass is 32.1. The maximum atomic E-state index is 3.95. The first-order chi connectivity index (χ1) is 8.65.